The van der Waals surface area contributed by atoms with Crippen LogP contribution in [0.15, 0.2) is 66.6 Å². The Hall–Kier alpha value is -3.31. The molecule has 32 heavy (non-hydrogen) atoms. The van der Waals surface area contributed by atoms with E-state index < -0.39 is 0 Å². The minimum absolute atomic E-state index is 0.640. The lowest BCUT2D eigenvalue weighted by Gasteiger charge is -2.28. The third-order valence-electron chi connectivity index (χ3n) is 6.17. The van der Waals surface area contributed by atoms with E-state index in [2.05, 4.69) is 69.1 Å². The highest BCUT2D eigenvalue weighted by Crippen LogP contribution is 2.27. The average Bonchev–Trinajstić information content (AvgIpc) is 3.39. The van der Waals surface area contributed by atoms with E-state index in [0.29, 0.717) is 5.92 Å². The number of hydrogen-bond acceptors (Lipinski definition) is 5. The SMILES string of the molecule is C=Cc1ccnc(C2CCN(C)CC2)c1.CNc1cc2cc(C3=CN=CC3)ccc2cn1. The molecule has 5 heteroatoms. The number of hydrogen-bond donors (Lipinski definition) is 1. The number of pyridine rings is 2. The van der Waals surface area contributed by atoms with Gasteiger partial charge in [0.15, 0.2) is 0 Å². The van der Waals surface area contributed by atoms with Crippen molar-refractivity contribution in [3.63, 3.8) is 0 Å². The number of allylic oxidation sites excluding steroid dienone is 1. The van der Waals surface area contributed by atoms with Gasteiger partial charge in [-0.05, 0) is 79.3 Å². The Morgan fingerprint density at radius 1 is 1.06 bits per heavy atom. The van der Waals surface area contributed by atoms with Gasteiger partial charge in [0.05, 0.1) is 0 Å². The highest BCUT2D eigenvalue weighted by molar-refractivity contribution is 5.90. The van der Waals surface area contributed by atoms with Crippen LogP contribution in [0.3, 0.4) is 0 Å². The molecule has 1 saturated heterocycles. The van der Waals surface area contributed by atoms with Crippen LogP contribution in [-0.4, -0.2) is 48.3 Å². The van der Waals surface area contributed by atoms with Crippen LogP contribution in [0, 0.1) is 0 Å². The number of fused-ring (bicyclic) bond motifs is 1. The lowest BCUT2D eigenvalue weighted by atomic mass is 9.92. The van der Waals surface area contributed by atoms with E-state index in [1.807, 2.05) is 44.0 Å². The summed E-state index contributed by atoms with van der Waals surface area (Å²) in [7, 11) is 4.06. The van der Waals surface area contributed by atoms with Crippen LogP contribution in [0.4, 0.5) is 5.82 Å². The van der Waals surface area contributed by atoms with E-state index in [-0.39, 0.29) is 0 Å². The Labute approximate surface area is 190 Å². The molecule has 2 aliphatic heterocycles. The summed E-state index contributed by atoms with van der Waals surface area (Å²) in [5, 5.41) is 5.42. The fourth-order valence-corrected chi connectivity index (χ4v) is 4.14. The number of likely N-dealkylation sites (tertiary alicyclic amines) is 1. The van der Waals surface area contributed by atoms with Crippen LogP contribution in [0.1, 0.15) is 42.0 Å². The largest absolute Gasteiger partial charge is 0.373 e. The monoisotopic (exact) mass is 425 g/mol. The van der Waals surface area contributed by atoms with E-state index in [9.17, 15) is 0 Å². The maximum Gasteiger partial charge on any atom is 0.126 e. The predicted molar refractivity (Wildman–Crippen MR) is 136 cm³/mol. The van der Waals surface area contributed by atoms with Crippen molar-refractivity contribution >= 4 is 34.5 Å². The van der Waals surface area contributed by atoms with Gasteiger partial charge in [-0.1, -0.05) is 24.8 Å². The fourth-order valence-electron chi connectivity index (χ4n) is 4.14. The molecule has 0 atom stereocenters. The zero-order valence-electron chi connectivity index (χ0n) is 19.0. The summed E-state index contributed by atoms with van der Waals surface area (Å²) < 4.78 is 0. The minimum Gasteiger partial charge on any atom is -0.373 e. The Balaban J connectivity index is 0.000000155. The standard InChI is InChI=1S/C14H13N3.C13H18N2/c1-15-14-7-13-6-10(12-4-5-16-8-12)2-3-11(13)9-17-14;1-3-11-4-7-14-13(10-11)12-5-8-15(2)9-6-12/h2-3,5-9H,4H2,1H3,(H,15,17);3-4,7,10,12H,1,5-6,8-9H2,2H3. The summed E-state index contributed by atoms with van der Waals surface area (Å²) in [6, 6.07) is 12.7. The summed E-state index contributed by atoms with van der Waals surface area (Å²) in [6.45, 7) is 6.16. The van der Waals surface area contributed by atoms with Gasteiger partial charge >= 0.3 is 0 Å². The molecule has 0 saturated carbocycles. The molecule has 164 valence electrons. The van der Waals surface area contributed by atoms with Gasteiger partial charge in [-0.15, -0.1) is 0 Å². The molecule has 0 aliphatic carbocycles. The minimum atomic E-state index is 0.640. The molecule has 5 nitrogen and oxygen atoms in total. The molecule has 1 aromatic carbocycles. The Bertz CT molecular complexity index is 1140. The molecule has 1 N–H and O–H groups in total. The summed E-state index contributed by atoms with van der Waals surface area (Å²) in [5.74, 6) is 1.53. The van der Waals surface area contributed by atoms with Crippen LogP contribution in [0.2, 0.25) is 0 Å². The van der Waals surface area contributed by atoms with E-state index in [0.717, 1.165) is 17.6 Å². The van der Waals surface area contributed by atoms with Crippen LogP contribution in [0.5, 0.6) is 0 Å². The molecule has 5 rings (SSSR count). The number of aromatic nitrogens is 2. The molecule has 1 fully saturated rings. The predicted octanol–water partition coefficient (Wildman–Crippen LogP) is 5.63. The lowest BCUT2D eigenvalue weighted by molar-refractivity contribution is 0.253. The van der Waals surface area contributed by atoms with E-state index in [1.54, 1.807) is 0 Å². The van der Waals surface area contributed by atoms with Crippen LogP contribution < -0.4 is 5.32 Å². The molecule has 4 heterocycles. The van der Waals surface area contributed by atoms with Crippen LogP contribution in [0.25, 0.3) is 22.4 Å². The first kappa shape index (κ1) is 21.9. The molecule has 2 aromatic heterocycles. The van der Waals surface area contributed by atoms with Gasteiger partial charge in [-0.2, -0.15) is 0 Å². The number of nitrogens with zero attached hydrogens (tertiary/aromatic N) is 4. The van der Waals surface area contributed by atoms with Crippen molar-refractivity contribution < 1.29 is 0 Å². The van der Waals surface area contributed by atoms with Gasteiger partial charge in [0.25, 0.3) is 0 Å². The highest BCUT2D eigenvalue weighted by Gasteiger charge is 2.19. The zero-order chi connectivity index (χ0) is 22.3. The molecule has 0 bridgehead atoms. The van der Waals surface area contributed by atoms with E-state index in [1.165, 1.54) is 53.7 Å². The third kappa shape index (κ3) is 5.29. The third-order valence-corrected chi connectivity index (χ3v) is 6.17. The number of benzene rings is 1. The van der Waals surface area contributed by atoms with Gasteiger partial charge < -0.3 is 10.2 Å². The molecule has 2 aliphatic rings. The number of nitrogens with one attached hydrogen (secondary N) is 1. The van der Waals surface area contributed by atoms with Crippen molar-refractivity contribution in [3.05, 3.63) is 78.4 Å². The first-order valence-corrected chi connectivity index (χ1v) is 11.2. The first-order chi connectivity index (χ1) is 15.7. The number of anilines is 1. The Kier molecular flexibility index (Phi) is 7.07. The molecular weight excluding hydrogens is 394 g/mol. The summed E-state index contributed by atoms with van der Waals surface area (Å²) >= 11 is 0. The van der Waals surface area contributed by atoms with Gasteiger partial charge in [0.2, 0.25) is 0 Å². The van der Waals surface area contributed by atoms with Crippen molar-refractivity contribution in [2.24, 2.45) is 4.99 Å². The number of rotatable bonds is 4. The van der Waals surface area contributed by atoms with Crippen LogP contribution >= 0.6 is 0 Å². The average molecular weight is 426 g/mol. The second-order valence-electron chi connectivity index (χ2n) is 8.37. The second-order valence-corrected chi connectivity index (χ2v) is 8.37. The topological polar surface area (TPSA) is 53.4 Å². The zero-order valence-corrected chi connectivity index (χ0v) is 19.0. The molecular formula is C27H31N5. The quantitative estimate of drug-likeness (QED) is 0.589. The van der Waals surface area contributed by atoms with E-state index in [4.69, 9.17) is 0 Å². The Morgan fingerprint density at radius 2 is 1.91 bits per heavy atom. The van der Waals surface area contributed by atoms with Crippen molar-refractivity contribution in [1.29, 1.82) is 0 Å². The van der Waals surface area contributed by atoms with Crippen molar-refractivity contribution in [1.82, 2.24) is 14.9 Å². The van der Waals surface area contributed by atoms with Gasteiger partial charge in [-0.3, -0.25) is 9.98 Å². The molecule has 0 unspecified atom stereocenters. The summed E-state index contributed by atoms with van der Waals surface area (Å²) in [6.07, 6.45) is 12.9. The smallest absolute Gasteiger partial charge is 0.126 e. The second kappa shape index (κ2) is 10.3. The normalized spacial score (nSPS) is 16.4. The fraction of sp³-hybridized carbons (Fsp3) is 0.296. The first-order valence-electron chi connectivity index (χ1n) is 11.2. The maximum absolute atomic E-state index is 4.47. The van der Waals surface area contributed by atoms with Crippen LogP contribution in [-0.2, 0) is 0 Å². The Morgan fingerprint density at radius 3 is 2.62 bits per heavy atom. The summed E-state index contributed by atoms with van der Waals surface area (Å²) in [4.78, 5) is 15.3. The number of aliphatic imine (C=N–C) groups is 1. The highest BCUT2D eigenvalue weighted by atomic mass is 15.1. The van der Waals surface area contributed by atoms with Crippen molar-refractivity contribution in [2.45, 2.75) is 25.2 Å². The van der Waals surface area contributed by atoms with Gasteiger partial charge in [0, 0.05) is 55.3 Å². The molecule has 0 amide bonds. The summed E-state index contributed by atoms with van der Waals surface area (Å²) in [5.41, 5.74) is 4.93. The van der Waals surface area contributed by atoms with Gasteiger partial charge in [-0.25, -0.2) is 4.98 Å². The molecule has 0 radical (unpaired) electrons. The maximum atomic E-state index is 4.47. The number of piperidine rings is 1. The van der Waals surface area contributed by atoms with Gasteiger partial charge in [0.1, 0.15) is 5.82 Å². The van der Waals surface area contributed by atoms with Crippen molar-refractivity contribution in [3.8, 4) is 0 Å². The van der Waals surface area contributed by atoms with Crippen molar-refractivity contribution in [2.75, 3.05) is 32.5 Å². The molecule has 0 spiro atoms. The lowest BCUT2D eigenvalue weighted by Crippen LogP contribution is -2.29. The van der Waals surface area contributed by atoms with E-state index >= 15 is 0 Å². The molecule has 3 aromatic rings.